The monoisotopic (exact) mass is 299 g/mol. The Bertz CT molecular complexity index is 547. The summed E-state index contributed by atoms with van der Waals surface area (Å²) in [5.74, 6) is 1.48. The smallest absolute Gasteiger partial charge is 0.119 e. The highest BCUT2D eigenvalue weighted by atomic mass is 16.5. The number of benzene rings is 1. The van der Waals surface area contributed by atoms with Gasteiger partial charge in [-0.3, -0.25) is 4.98 Å². The minimum atomic E-state index is 0.587. The van der Waals surface area contributed by atoms with Crippen LogP contribution in [0.15, 0.2) is 42.6 Å². The van der Waals surface area contributed by atoms with Crippen molar-refractivity contribution < 1.29 is 9.47 Å². The van der Waals surface area contributed by atoms with E-state index >= 15 is 0 Å². The van der Waals surface area contributed by atoms with Gasteiger partial charge in [0, 0.05) is 31.4 Å². The Morgan fingerprint density at radius 3 is 2.41 bits per heavy atom. The molecule has 1 aromatic carbocycles. The highest BCUT2D eigenvalue weighted by molar-refractivity contribution is 5.59. The summed E-state index contributed by atoms with van der Waals surface area (Å²) in [6.07, 6.45) is 2.80. The van der Waals surface area contributed by atoms with Gasteiger partial charge in [-0.2, -0.15) is 0 Å². The number of ether oxygens (including phenoxy) is 2. The van der Waals surface area contributed by atoms with Crippen LogP contribution < -0.4 is 4.74 Å². The average molecular weight is 299 g/mol. The van der Waals surface area contributed by atoms with E-state index < -0.39 is 0 Å². The molecule has 0 saturated heterocycles. The zero-order valence-corrected chi connectivity index (χ0v) is 13.7. The SMILES string of the molecule is Cc1ccc(-c2ccc(OCCCOCC(C)C)cc2)nc1. The lowest BCUT2D eigenvalue weighted by molar-refractivity contribution is 0.0981. The molecule has 3 heteroatoms. The molecular formula is C19H25NO2. The number of hydrogen-bond donors (Lipinski definition) is 0. The fourth-order valence-corrected chi connectivity index (χ4v) is 2.03. The van der Waals surface area contributed by atoms with E-state index in [9.17, 15) is 0 Å². The highest BCUT2D eigenvalue weighted by Gasteiger charge is 2.00. The molecule has 0 bridgehead atoms. The van der Waals surface area contributed by atoms with Gasteiger partial charge in [-0.15, -0.1) is 0 Å². The van der Waals surface area contributed by atoms with Gasteiger partial charge in [-0.25, -0.2) is 0 Å². The van der Waals surface area contributed by atoms with Crippen molar-refractivity contribution in [1.82, 2.24) is 4.98 Å². The Labute approximate surface area is 133 Å². The van der Waals surface area contributed by atoms with Gasteiger partial charge in [0.1, 0.15) is 5.75 Å². The Hall–Kier alpha value is -1.87. The largest absolute Gasteiger partial charge is 0.494 e. The van der Waals surface area contributed by atoms with Crippen LogP contribution in [0, 0.1) is 12.8 Å². The van der Waals surface area contributed by atoms with E-state index in [1.165, 1.54) is 5.56 Å². The molecule has 0 aliphatic heterocycles. The van der Waals surface area contributed by atoms with E-state index in [0.717, 1.165) is 36.6 Å². The lowest BCUT2D eigenvalue weighted by Crippen LogP contribution is -2.06. The molecule has 0 spiro atoms. The van der Waals surface area contributed by atoms with Crippen LogP contribution >= 0.6 is 0 Å². The molecular weight excluding hydrogens is 274 g/mol. The van der Waals surface area contributed by atoms with Crippen LogP contribution in [0.25, 0.3) is 11.3 Å². The highest BCUT2D eigenvalue weighted by Crippen LogP contribution is 2.20. The maximum Gasteiger partial charge on any atom is 0.119 e. The summed E-state index contributed by atoms with van der Waals surface area (Å²) >= 11 is 0. The maximum atomic E-state index is 5.72. The van der Waals surface area contributed by atoms with E-state index in [1.807, 2.05) is 43.5 Å². The second-order valence-corrected chi connectivity index (χ2v) is 5.92. The summed E-state index contributed by atoms with van der Waals surface area (Å²) in [5, 5.41) is 0. The summed E-state index contributed by atoms with van der Waals surface area (Å²) in [6.45, 7) is 8.60. The minimum absolute atomic E-state index is 0.587. The Kier molecular flexibility index (Phi) is 6.41. The van der Waals surface area contributed by atoms with E-state index in [1.54, 1.807) is 0 Å². The van der Waals surface area contributed by atoms with Crippen LogP contribution in [0.1, 0.15) is 25.8 Å². The normalized spacial score (nSPS) is 10.9. The molecule has 2 aromatic rings. The lowest BCUT2D eigenvalue weighted by Gasteiger charge is -2.09. The average Bonchev–Trinajstić information content (AvgIpc) is 2.52. The first kappa shape index (κ1) is 16.5. The molecule has 2 rings (SSSR count). The van der Waals surface area contributed by atoms with Crippen molar-refractivity contribution in [3.8, 4) is 17.0 Å². The molecule has 0 amide bonds. The molecule has 0 fully saturated rings. The number of aromatic nitrogens is 1. The molecule has 22 heavy (non-hydrogen) atoms. The third-order valence-electron chi connectivity index (χ3n) is 3.21. The van der Waals surface area contributed by atoms with Gasteiger partial charge in [-0.1, -0.05) is 19.9 Å². The van der Waals surface area contributed by atoms with Gasteiger partial charge in [0.25, 0.3) is 0 Å². The number of nitrogens with zero attached hydrogens (tertiary/aromatic N) is 1. The van der Waals surface area contributed by atoms with Gasteiger partial charge >= 0.3 is 0 Å². The minimum Gasteiger partial charge on any atom is -0.494 e. The first-order valence-electron chi connectivity index (χ1n) is 7.89. The van der Waals surface area contributed by atoms with Crippen molar-refractivity contribution in [3.05, 3.63) is 48.2 Å². The molecule has 0 atom stereocenters. The molecule has 1 heterocycles. The summed E-state index contributed by atoms with van der Waals surface area (Å²) in [6, 6.07) is 12.2. The van der Waals surface area contributed by atoms with E-state index in [-0.39, 0.29) is 0 Å². The summed E-state index contributed by atoms with van der Waals surface area (Å²) in [7, 11) is 0. The molecule has 0 unspecified atom stereocenters. The number of hydrogen-bond acceptors (Lipinski definition) is 3. The van der Waals surface area contributed by atoms with Crippen molar-refractivity contribution in [2.24, 2.45) is 5.92 Å². The number of rotatable bonds is 8. The number of pyridine rings is 1. The third-order valence-corrected chi connectivity index (χ3v) is 3.21. The van der Waals surface area contributed by atoms with Crippen molar-refractivity contribution in [1.29, 1.82) is 0 Å². The van der Waals surface area contributed by atoms with Crippen molar-refractivity contribution in [2.45, 2.75) is 27.2 Å². The Morgan fingerprint density at radius 1 is 1.00 bits per heavy atom. The fraction of sp³-hybridized carbons (Fsp3) is 0.421. The Balaban J connectivity index is 1.76. The quantitative estimate of drug-likeness (QED) is 0.673. The van der Waals surface area contributed by atoms with Gasteiger partial charge in [0.15, 0.2) is 0 Å². The topological polar surface area (TPSA) is 31.4 Å². The number of aryl methyl sites for hydroxylation is 1. The summed E-state index contributed by atoms with van der Waals surface area (Å²) in [5.41, 5.74) is 3.26. The van der Waals surface area contributed by atoms with Crippen LogP contribution in [0.4, 0.5) is 0 Å². The summed E-state index contributed by atoms with van der Waals surface area (Å²) in [4.78, 5) is 4.43. The zero-order chi connectivity index (χ0) is 15.8. The van der Waals surface area contributed by atoms with E-state index in [2.05, 4.69) is 24.9 Å². The second kappa shape index (κ2) is 8.54. The fourth-order valence-electron chi connectivity index (χ4n) is 2.03. The first-order valence-corrected chi connectivity index (χ1v) is 7.89. The third kappa shape index (κ3) is 5.49. The van der Waals surface area contributed by atoms with Crippen molar-refractivity contribution in [2.75, 3.05) is 19.8 Å². The first-order chi connectivity index (χ1) is 10.6. The van der Waals surface area contributed by atoms with Gasteiger partial charge in [-0.05, 0) is 48.7 Å². The van der Waals surface area contributed by atoms with Crippen LogP contribution in [-0.2, 0) is 4.74 Å². The van der Waals surface area contributed by atoms with Crippen molar-refractivity contribution >= 4 is 0 Å². The van der Waals surface area contributed by atoms with Gasteiger partial charge in [0.2, 0.25) is 0 Å². The zero-order valence-electron chi connectivity index (χ0n) is 13.7. The van der Waals surface area contributed by atoms with Crippen LogP contribution in [0.2, 0.25) is 0 Å². The predicted molar refractivity (Wildman–Crippen MR) is 90.2 cm³/mol. The molecule has 0 radical (unpaired) electrons. The van der Waals surface area contributed by atoms with E-state index in [0.29, 0.717) is 12.5 Å². The molecule has 0 aliphatic carbocycles. The van der Waals surface area contributed by atoms with Crippen LogP contribution in [0.3, 0.4) is 0 Å². The standard InChI is InChI=1S/C19H25NO2/c1-15(2)14-21-11-4-12-22-18-8-6-17(7-9-18)19-10-5-16(3)13-20-19/h5-10,13,15H,4,11-12,14H2,1-3H3. The molecule has 118 valence electrons. The van der Waals surface area contributed by atoms with Gasteiger partial charge < -0.3 is 9.47 Å². The molecule has 1 aromatic heterocycles. The van der Waals surface area contributed by atoms with Gasteiger partial charge in [0.05, 0.1) is 12.3 Å². The molecule has 3 nitrogen and oxygen atoms in total. The van der Waals surface area contributed by atoms with Crippen LogP contribution in [-0.4, -0.2) is 24.8 Å². The Morgan fingerprint density at radius 2 is 1.77 bits per heavy atom. The van der Waals surface area contributed by atoms with E-state index in [4.69, 9.17) is 9.47 Å². The molecule has 0 saturated carbocycles. The lowest BCUT2D eigenvalue weighted by atomic mass is 10.1. The summed E-state index contributed by atoms with van der Waals surface area (Å²) < 4.78 is 11.3. The maximum absolute atomic E-state index is 5.72. The molecule has 0 aliphatic rings. The second-order valence-electron chi connectivity index (χ2n) is 5.92. The van der Waals surface area contributed by atoms with Crippen LogP contribution in [0.5, 0.6) is 5.75 Å². The molecule has 0 N–H and O–H groups in total. The predicted octanol–water partition coefficient (Wildman–Crippen LogP) is 4.50. The van der Waals surface area contributed by atoms with Crippen molar-refractivity contribution in [3.63, 3.8) is 0 Å².